The molecule has 0 rings (SSSR count). The third kappa shape index (κ3) is 43.6. The molecule has 5 N–H and O–H groups in total. The fraction of sp³-hybridized carbons (Fsp3) is 0.729. The maximum absolute atomic E-state index is 12.7. The van der Waals surface area contributed by atoms with Gasteiger partial charge in [-0.1, -0.05) is 145 Å². The van der Waals surface area contributed by atoms with Crippen LogP contribution in [0.2, 0.25) is 0 Å². The minimum Gasteiger partial charge on any atom is -0.480 e. The van der Waals surface area contributed by atoms with Gasteiger partial charge in [0.1, 0.15) is 12.6 Å². The molecule has 0 heterocycles. The number of carbonyl (C=O) groups is 3. The number of aliphatic hydroxyl groups excluding tert-OH is 1. The van der Waals surface area contributed by atoms with Gasteiger partial charge in [0, 0.05) is 12.8 Å². The molecule has 352 valence electrons. The van der Waals surface area contributed by atoms with E-state index in [9.17, 15) is 28.9 Å². The molecule has 0 amide bonds. The highest BCUT2D eigenvalue weighted by Crippen LogP contribution is 2.43. The minimum absolute atomic E-state index is 0.132. The Morgan fingerprint density at radius 2 is 1.00 bits per heavy atom. The normalized spacial score (nSPS) is 14.7. The summed E-state index contributed by atoms with van der Waals surface area (Å²) in [7, 11) is -4.74. The minimum atomic E-state index is -4.74. The first kappa shape index (κ1) is 58.1. The number of esters is 2. The maximum Gasteiger partial charge on any atom is 0.472 e. The van der Waals surface area contributed by atoms with Gasteiger partial charge in [0.2, 0.25) is 0 Å². The highest BCUT2D eigenvalue weighted by Gasteiger charge is 2.28. The lowest BCUT2D eigenvalue weighted by atomic mass is 10.1. The number of nitrogens with two attached hydrogens (primary N) is 1. The first-order valence-electron chi connectivity index (χ1n) is 23.3. The number of allylic oxidation sites excluding steroid dienone is 10. The SMILES string of the molecule is CCCCCCCC/C=C\CCCCCCCCCCCC(=O)O[C@H](COC(=O)CCC/C=C\C/C=C\C/C=C\C/C=C\CCC[C@@H](C)O)COP(=O)(O)OC[C@H](N)C(=O)O. The molecule has 0 aromatic rings. The zero-order chi connectivity index (χ0) is 45.1. The predicted molar refractivity (Wildman–Crippen MR) is 246 cm³/mol. The number of carboxylic acids is 1. The molecular formula is C48H84NO11P. The van der Waals surface area contributed by atoms with E-state index < -0.39 is 51.1 Å². The van der Waals surface area contributed by atoms with Crippen molar-refractivity contribution in [3.8, 4) is 0 Å². The Labute approximate surface area is 369 Å². The maximum atomic E-state index is 12.7. The van der Waals surface area contributed by atoms with E-state index >= 15 is 0 Å². The van der Waals surface area contributed by atoms with E-state index in [-0.39, 0.29) is 25.6 Å². The Morgan fingerprint density at radius 1 is 0.574 bits per heavy atom. The molecule has 0 aromatic heterocycles. The Bertz CT molecular complexity index is 1280. The largest absolute Gasteiger partial charge is 0.480 e. The molecule has 0 aliphatic rings. The third-order valence-corrected chi connectivity index (χ3v) is 10.7. The van der Waals surface area contributed by atoms with Gasteiger partial charge in [0.25, 0.3) is 0 Å². The van der Waals surface area contributed by atoms with Gasteiger partial charge in [-0.25, -0.2) is 4.57 Å². The lowest BCUT2D eigenvalue weighted by Crippen LogP contribution is -2.34. The highest BCUT2D eigenvalue weighted by molar-refractivity contribution is 7.47. The van der Waals surface area contributed by atoms with Crippen molar-refractivity contribution < 1.29 is 52.6 Å². The monoisotopic (exact) mass is 882 g/mol. The first-order valence-corrected chi connectivity index (χ1v) is 24.8. The van der Waals surface area contributed by atoms with Gasteiger partial charge in [-0.2, -0.15) is 0 Å². The van der Waals surface area contributed by atoms with E-state index in [0.29, 0.717) is 19.3 Å². The third-order valence-electron chi connectivity index (χ3n) is 9.76. The first-order chi connectivity index (χ1) is 29.5. The van der Waals surface area contributed by atoms with Gasteiger partial charge in [-0.3, -0.25) is 23.4 Å². The summed E-state index contributed by atoms with van der Waals surface area (Å²) in [4.78, 5) is 46.0. The van der Waals surface area contributed by atoms with Crippen molar-refractivity contribution in [3.05, 3.63) is 60.8 Å². The number of aliphatic carboxylic acids is 1. The summed E-state index contributed by atoms with van der Waals surface area (Å²) in [6.07, 6.45) is 47.0. The van der Waals surface area contributed by atoms with Gasteiger partial charge >= 0.3 is 25.7 Å². The van der Waals surface area contributed by atoms with Crippen LogP contribution in [-0.4, -0.2) is 71.1 Å². The summed E-state index contributed by atoms with van der Waals surface area (Å²) >= 11 is 0. The van der Waals surface area contributed by atoms with Gasteiger partial charge in [0.05, 0.1) is 19.3 Å². The summed E-state index contributed by atoms with van der Waals surface area (Å²) < 4.78 is 32.7. The van der Waals surface area contributed by atoms with Crippen LogP contribution in [0.4, 0.5) is 0 Å². The average molecular weight is 882 g/mol. The van der Waals surface area contributed by atoms with Crippen LogP contribution in [0.25, 0.3) is 0 Å². The molecule has 0 aliphatic heterocycles. The quantitative estimate of drug-likeness (QED) is 0.0196. The van der Waals surface area contributed by atoms with Crippen molar-refractivity contribution in [2.24, 2.45) is 5.73 Å². The van der Waals surface area contributed by atoms with Crippen LogP contribution in [0.1, 0.15) is 187 Å². The molecule has 1 unspecified atom stereocenters. The number of ether oxygens (including phenoxy) is 2. The zero-order valence-corrected chi connectivity index (χ0v) is 38.7. The molecule has 0 saturated carbocycles. The molecule has 0 saturated heterocycles. The molecule has 13 heteroatoms. The van der Waals surface area contributed by atoms with Crippen LogP contribution in [0.3, 0.4) is 0 Å². The second kappa shape index (κ2) is 42.4. The molecule has 0 spiro atoms. The summed E-state index contributed by atoms with van der Waals surface area (Å²) in [6.45, 7) is 2.29. The molecule has 4 atom stereocenters. The van der Waals surface area contributed by atoms with Crippen molar-refractivity contribution in [2.45, 2.75) is 205 Å². The van der Waals surface area contributed by atoms with Crippen molar-refractivity contribution in [1.82, 2.24) is 0 Å². The van der Waals surface area contributed by atoms with E-state index in [2.05, 4.69) is 60.1 Å². The van der Waals surface area contributed by atoms with Gasteiger partial charge < -0.3 is 30.3 Å². The number of aliphatic hydroxyl groups is 1. The number of carbonyl (C=O) groups excluding carboxylic acids is 2. The van der Waals surface area contributed by atoms with E-state index in [1.807, 2.05) is 19.1 Å². The van der Waals surface area contributed by atoms with E-state index in [1.54, 1.807) is 0 Å². The number of hydrogen-bond acceptors (Lipinski definition) is 10. The van der Waals surface area contributed by atoms with Crippen LogP contribution in [0, 0.1) is 0 Å². The number of phosphoric acid groups is 1. The molecule has 0 fully saturated rings. The van der Waals surface area contributed by atoms with Crippen LogP contribution in [0.5, 0.6) is 0 Å². The fourth-order valence-electron chi connectivity index (χ4n) is 6.07. The molecule has 0 aliphatic carbocycles. The predicted octanol–water partition coefficient (Wildman–Crippen LogP) is 11.7. The van der Waals surface area contributed by atoms with Crippen LogP contribution in [-0.2, 0) is 37.5 Å². The number of hydrogen-bond donors (Lipinski definition) is 4. The van der Waals surface area contributed by atoms with Crippen LogP contribution < -0.4 is 5.73 Å². The second-order valence-corrected chi connectivity index (χ2v) is 17.3. The molecular weight excluding hydrogens is 797 g/mol. The topological polar surface area (TPSA) is 192 Å². The molecule has 0 radical (unpaired) electrons. The summed E-state index contributed by atoms with van der Waals surface area (Å²) in [5.74, 6) is -2.47. The second-order valence-electron chi connectivity index (χ2n) is 15.8. The van der Waals surface area contributed by atoms with Crippen LogP contribution >= 0.6 is 7.82 Å². The van der Waals surface area contributed by atoms with Crippen molar-refractivity contribution >= 4 is 25.7 Å². The van der Waals surface area contributed by atoms with Crippen molar-refractivity contribution in [2.75, 3.05) is 19.8 Å². The summed E-state index contributed by atoms with van der Waals surface area (Å²) in [5.41, 5.74) is 5.33. The lowest BCUT2D eigenvalue weighted by Gasteiger charge is -2.20. The Kier molecular flexibility index (Phi) is 40.5. The number of unbranched alkanes of at least 4 members (excludes halogenated alkanes) is 17. The fourth-order valence-corrected chi connectivity index (χ4v) is 6.85. The van der Waals surface area contributed by atoms with E-state index in [1.165, 1.54) is 83.5 Å². The molecule has 12 nitrogen and oxygen atoms in total. The van der Waals surface area contributed by atoms with Gasteiger partial charge in [-0.05, 0) is 90.4 Å². The van der Waals surface area contributed by atoms with Crippen molar-refractivity contribution in [3.63, 3.8) is 0 Å². The Balaban J connectivity index is 4.40. The highest BCUT2D eigenvalue weighted by atomic mass is 31.2. The lowest BCUT2D eigenvalue weighted by molar-refractivity contribution is -0.161. The zero-order valence-electron chi connectivity index (χ0n) is 37.9. The smallest absolute Gasteiger partial charge is 0.472 e. The molecule has 61 heavy (non-hydrogen) atoms. The molecule has 0 aromatic carbocycles. The summed E-state index contributed by atoms with van der Waals surface area (Å²) in [6, 6.07) is -1.54. The number of carboxylic acid groups (broad SMARTS) is 1. The van der Waals surface area contributed by atoms with E-state index in [4.69, 9.17) is 24.8 Å². The van der Waals surface area contributed by atoms with E-state index in [0.717, 1.165) is 57.8 Å². The standard InChI is InChI=1S/C48H84NO11P/c1-3-4-5-6-7-8-9-10-11-12-13-14-17-21-24-27-30-33-36-39-47(52)60-44(41-58-61(55,56)59-42-45(49)48(53)54)40-57-46(51)38-35-32-29-26-23-20-18-15-16-19-22-25-28-31-34-37-43(2)50/h10-11,16,18-20,25-26,28-29,43-45,50H,3-9,12-15,17,21-24,27,30-42,49H2,1-2H3,(H,53,54)(H,55,56)/b11-10-,19-16-,20-18-,28-25-,29-26-/t43-,44-,45+/m1/s1. The average Bonchev–Trinajstić information content (AvgIpc) is 3.22. The Hall–Kier alpha value is -2.86. The molecule has 0 bridgehead atoms. The Morgan fingerprint density at radius 3 is 1.52 bits per heavy atom. The van der Waals surface area contributed by atoms with Crippen LogP contribution in [0.15, 0.2) is 60.8 Å². The number of rotatable bonds is 43. The number of phosphoric ester groups is 1. The van der Waals surface area contributed by atoms with Gasteiger partial charge in [0.15, 0.2) is 6.10 Å². The van der Waals surface area contributed by atoms with Crippen molar-refractivity contribution in [1.29, 1.82) is 0 Å². The summed E-state index contributed by atoms with van der Waals surface area (Å²) in [5, 5.41) is 18.2. The van der Waals surface area contributed by atoms with Gasteiger partial charge in [-0.15, -0.1) is 0 Å².